The molecule has 0 rings (SSSR count). The van der Waals surface area contributed by atoms with Crippen LogP contribution in [0.2, 0.25) is 0 Å². The molecular formula is C6H13N3. The molecule has 0 aromatic heterocycles. The summed E-state index contributed by atoms with van der Waals surface area (Å²) >= 11 is 0. The van der Waals surface area contributed by atoms with Crippen molar-refractivity contribution in [2.75, 3.05) is 0 Å². The SMILES string of the molecule is C/C=N\NC(C)(C)C=N. The lowest BCUT2D eigenvalue weighted by molar-refractivity contribution is 0.536. The Morgan fingerprint density at radius 3 is 2.44 bits per heavy atom. The summed E-state index contributed by atoms with van der Waals surface area (Å²) in [5, 5.41) is 10.7. The molecule has 0 fully saturated rings. The van der Waals surface area contributed by atoms with Gasteiger partial charge in [0.2, 0.25) is 0 Å². The summed E-state index contributed by atoms with van der Waals surface area (Å²) in [4.78, 5) is 0. The van der Waals surface area contributed by atoms with Crippen LogP contribution < -0.4 is 5.43 Å². The molecule has 0 unspecified atom stereocenters. The van der Waals surface area contributed by atoms with Gasteiger partial charge < -0.3 is 5.41 Å². The zero-order chi connectivity index (χ0) is 7.33. The number of hydrogen-bond donors (Lipinski definition) is 2. The maximum absolute atomic E-state index is 6.92. The van der Waals surface area contributed by atoms with Crippen LogP contribution in [0.15, 0.2) is 5.10 Å². The molecule has 0 bridgehead atoms. The molecule has 0 aromatic carbocycles. The molecule has 0 amide bonds. The van der Waals surface area contributed by atoms with Crippen LogP contribution in [0.5, 0.6) is 0 Å². The van der Waals surface area contributed by atoms with E-state index < -0.39 is 0 Å². The fraction of sp³-hybridized carbons (Fsp3) is 0.667. The van der Waals surface area contributed by atoms with Crippen LogP contribution in [-0.2, 0) is 0 Å². The molecule has 9 heavy (non-hydrogen) atoms. The third kappa shape index (κ3) is 3.70. The Bertz CT molecular complexity index is 115. The van der Waals surface area contributed by atoms with Gasteiger partial charge in [-0.1, -0.05) is 0 Å². The van der Waals surface area contributed by atoms with Gasteiger partial charge in [-0.2, -0.15) is 5.10 Å². The van der Waals surface area contributed by atoms with E-state index in [1.54, 1.807) is 6.21 Å². The van der Waals surface area contributed by atoms with Gasteiger partial charge in [-0.25, -0.2) is 0 Å². The molecule has 0 aromatic rings. The monoisotopic (exact) mass is 127 g/mol. The van der Waals surface area contributed by atoms with Gasteiger partial charge in [0.15, 0.2) is 0 Å². The van der Waals surface area contributed by atoms with Crippen molar-refractivity contribution >= 4 is 12.4 Å². The van der Waals surface area contributed by atoms with E-state index >= 15 is 0 Å². The lowest BCUT2D eigenvalue weighted by Crippen LogP contribution is -2.36. The van der Waals surface area contributed by atoms with E-state index in [0.717, 1.165) is 0 Å². The highest BCUT2D eigenvalue weighted by molar-refractivity contribution is 5.65. The second-order valence-electron chi connectivity index (χ2n) is 2.37. The van der Waals surface area contributed by atoms with Crippen LogP contribution in [0.4, 0.5) is 0 Å². The molecule has 0 saturated carbocycles. The van der Waals surface area contributed by atoms with Gasteiger partial charge in [0, 0.05) is 12.4 Å². The molecule has 0 aliphatic rings. The van der Waals surface area contributed by atoms with E-state index in [1.807, 2.05) is 20.8 Å². The van der Waals surface area contributed by atoms with Gasteiger partial charge >= 0.3 is 0 Å². The number of rotatable bonds is 3. The van der Waals surface area contributed by atoms with Gasteiger partial charge in [0.1, 0.15) is 0 Å². The van der Waals surface area contributed by atoms with Crippen molar-refractivity contribution in [1.82, 2.24) is 5.43 Å². The number of hydrogen-bond acceptors (Lipinski definition) is 3. The second-order valence-corrected chi connectivity index (χ2v) is 2.37. The first-order chi connectivity index (χ1) is 4.12. The van der Waals surface area contributed by atoms with E-state index in [1.165, 1.54) is 6.21 Å². The van der Waals surface area contributed by atoms with Crippen LogP contribution in [0, 0.1) is 5.41 Å². The highest BCUT2D eigenvalue weighted by Crippen LogP contribution is 1.94. The molecule has 0 heterocycles. The van der Waals surface area contributed by atoms with Crippen molar-refractivity contribution in [3.63, 3.8) is 0 Å². The van der Waals surface area contributed by atoms with Gasteiger partial charge in [-0.05, 0) is 20.8 Å². The minimum atomic E-state index is -0.313. The topological polar surface area (TPSA) is 48.2 Å². The fourth-order valence-corrected chi connectivity index (χ4v) is 0.263. The third-order valence-corrected chi connectivity index (χ3v) is 0.843. The Kier molecular flexibility index (Phi) is 2.91. The maximum Gasteiger partial charge on any atom is 0.0834 e. The number of nitrogens with zero attached hydrogens (tertiary/aromatic N) is 1. The van der Waals surface area contributed by atoms with E-state index in [9.17, 15) is 0 Å². The van der Waals surface area contributed by atoms with Crippen LogP contribution in [-0.4, -0.2) is 18.0 Å². The van der Waals surface area contributed by atoms with E-state index in [-0.39, 0.29) is 5.54 Å². The quantitative estimate of drug-likeness (QED) is 0.431. The highest BCUT2D eigenvalue weighted by atomic mass is 15.3. The molecule has 0 aliphatic carbocycles. The van der Waals surface area contributed by atoms with Gasteiger partial charge in [-0.3, -0.25) is 5.43 Å². The first-order valence-corrected chi connectivity index (χ1v) is 2.89. The molecule has 0 spiro atoms. The average molecular weight is 127 g/mol. The van der Waals surface area contributed by atoms with E-state index in [2.05, 4.69) is 10.5 Å². The van der Waals surface area contributed by atoms with Crippen molar-refractivity contribution in [3.8, 4) is 0 Å². The van der Waals surface area contributed by atoms with Crippen molar-refractivity contribution in [2.45, 2.75) is 26.3 Å². The van der Waals surface area contributed by atoms with Gasteiger partial charge in [-0.15, -0.1) is 0 Å². The summed E-state index contributed by atoms with van der Waals surface area (Å²) in [6, 6.07) is 0. The molecule has 0 saturated heterocycles. The first-order valence-electron chi connectivity index (χ1n) is 2.89. The lowest BCUT2D eigenvalue weighted by atomic mass is 10.1. The smallest absolute Gasteiger partial charge is 0.0834 e. The minimum absolute atomic E-state index is 0.313. The maximum atomic E-state index is 6.92. The number of nitrogens with one attached hydrogen (secondary N) is 2. The summed E-state index contributed by atoms with van der Waals surface area (Å²) < 4.78 is 0. The molecule has 3 nitrogen and oxygen atoms in total. The Morgan fingerprint density at radius 2 is 2.11 bits per heavy atom. The average Bonchev–Trinajstić information content (AvgIpc) is 1.84. The van der Waals surface area contributed by atoms with Crippen molar-refractivity contribution in [2.24, 2.45) is 5.10 Å². The van der Waals surface area contributed by atoms with Gasteiger partial charge in [0.05, 0.1) is 5.54 Å². The Balaban J connectivity index is 3.71. The zero-order valence-corrected chi connectivity index (χ0v) is 6.10. The summed E-state index contributed by atoms with van der Waals surface area (Å²) in [6.07, 6.45) is 2.98. The summed E-state index contributed by atoms with van der Waals surface area (Å²) in [5.74, 6) is 0. The summed E-state index contributed by atoms with van der Waals surface area (Å²) in [5.41, 5.74) is 2.47. The standard InChI is InChI=1S/C6H13N3/c1-4-8-9-6(2,3)5-7/h4-5,7,9H,1-3H3/b7-5?,8-4-. The van der Waals surface area contributed by atoms with Crippen molar-refractivity contribution in [1.29, 1.82) is 5.41 Å². The van der Waals surface area contributed by atoms with Crippen LogP contribution in [0.1, 0.15) is 20.8 Å². The number of hydrazone groups is 1. The Labute approximate surface area is 55.7 Å². The lowest BCUT2D eigenvalue weighted by Gasteiger charge is -2.16. The van der Waals surface area contributed by atoms with E-state index in [4.69, 9.17) is 5.41 Å². The largest absolute Gasteiger partial charge is 0.311 e. The third-order valence-electron chi connectivity index (χ3n) is 0.843. The Hall–Kier alpha value is -0.860. The van der Waals surface area contributed by atoms with Crippen molar-refractivity contribution < 1.29 is 0 Å². The molecule has 0 aliphatic heterocycles. The first kappa shape index (κ1) is 8.14. The van der Waals surface area contributed by atoms with Crippen LogP contribution >= 0.6 is 0 Å². The molecular weight excluding hydrogens is 114 g/mol. The van der Waals surface area contributed by atoms with Gasteiger partial charge in [0.25, 0.3) is 0 Å². The molecule has 52 valence electrons. The normalized spacial score (nSPS) is 11.9. The summed E-state index contributed by atoms with van der Waals surface area (Å²) in [7, 11) is 0. The fourth-order valence-electron chi connectivity index (χ4n) is 0.263. The van der Waals surface area contributed by atoms with E-state index in [0.29, 0.717) is 0 Å². The van der Waals surface area contributed by atoms with Crippen LogP contribution in [0.3, 0.4) is 0 Å². The predicted molar refractivity (Wildman–Crippen MR) is 40.2 cm³/mol. The molecule has 3 heteroatoms. The summed E-state index contributed by atoms with van der Waals surface area (Å²) in [6.45, 7) is 5.59. The second kappa shape index (κ2) is 3.22. The van der Waals surface area contributed by atoms with Crippen LogP contribution in [0.25, 0.3) is 0 Å². The predicted octanol–water partition coefficient (Wildman–Crippen LogP) is 1.01. The van der Waals surface area contributed by atoms with Crippen molar-refractivity contribution in [3.05, 3.63) is 0 Å². The Morgan fingerprint density at radius 1 is 1.56 bits per heavy atom. The molecule has 0 radical (unpaired) electrons. The minimum Gasteiger partial charge on any atom is -0.311 e. The molecule has 0 atom stereocenters. The highest BCUT2D eigenvalue weighted by Gasteiger charge is 2.09. The zero-order valence-electron chi connectivity index (χ0n) is 6.10. The molecule has 2 N–H and O–H groups in total.